The van der Waals surface area contributed by atoms with Gasteiger partial charge in [-0.15, -0.1) is 11.3 Å². The van der Waals surface area contributed by atoms with E-state index in [9.17, 15) is 4.79 Å². The van der Waals surface area contributed by atoms with Gasteiger partial charge >= 0.3 is 0 Å². The third kappa shape index (κ3) is 3.71. The Morgan fingerprint density at radius 2 is 1.89 bits per heavy atom. The van der Waals surface area contributed by atoms with Crippen molar-refractivity contribution < 1.29 is 4.79 Å². The van der Waals surface area contributed by atoms with Gasteiger partial charge in [0.2, 0.25) is 0 Å². The molecule has 0 spiro atoms. The van der Waals surface area contributed by atoms with Crippen LogP contribution in [-0.4, -0.2) is 47.0 Å². The van der Waals surface area contributed by atoms with Crippen LogP contribution in [0.4, 0.5) is 5.82 Å². The third-order valence-corrected chi connectivity index (χ3v) is 5.75. The van der Waals surface area contributed by atoms with Gasteiger partial charge in [-0.25, -0.2) is 9.97 Å². The number of aryl methyl sites for hydroxylation is 2. The van der Waals surface area contributed by atoms with Crippen LogP contribution in [0.25, 0.3) is 10.6 Å². The van der Waals surface area contributed by atoms with Crippen LogP contribution in [0, 0.1) is 13.8 Å². The average molecular weight is 379 g/mol. The number of anilines is 1. The first-order valence-corrected chi connectivity index (χ1v) is 9.98. The number of benzene rings is 1. The van der Waals surface area contributed by atoms with Crippen LogP contribution in [0.5, 0.6) is 0 Å². The van der Waals surface area contributed by atoms with Crippen molar-refractivity contribution in [2.75, 3.05) is 31.1 Å². The second kappa shape index (κ2) is 7.48. The van der Waals surface area contributed by atoms with Crippen molar-refractivity contribution in [3.05, 3.63) is 64.8 Å². The fraction of sp³-hybridized carbons (Fsp3) is 0.286. The van der Waals surface area contributed by atoms with Crippen molar-refractivity contribution in [2.45, 2.75) is 13.8 Å². The van der Waals surface area contributed by atoms with Gasteiger partial charge in [-0.05, 0) is 31.5 Å². The van der Waals surface area contributed by atoms with E-state index in [0.717, 1.165) is 29.5 Å². The summed E-state index contributed by atoms with van der Waals surface area (Å²) < 4.78 is 0. The highest BCUT2D eigenvalue weighted by Crippen LogP contribution is 2.28. The molecule has 3 aromatic rings. The van der Waals surface area contributed by atoms with Crippen molar-refractivity contribution in [3.63, 3.8) is 0 Å². The normalized spacial score (nSPS) is 14.4. The first-order chi connectivity index (χ1) is 13.1. The smallest absolute Gasteiger partial charge is 0.273 e. The zero-order valence-electron chi connectivity index (χ0n) is 15.6. The zero-order valence-corrected chi connectivity index (χ0v) is 16.4. The molecule has 6 heteroatoms. The van der Waals surface area contributed by atoms with E-state index in [0.29, 0.717) is 18.8 Å². The maximum Gasteiger partial charge on any atom is 0.273 e. The summed E-state index contributed by atoms with van der Waals surface area (Å²) >= 11 is 1.53. The van der Waals surface area contributed by atoms with E-state index in [4.69, 9.17) is 0 Å². The first kappa shape index (κ1) is 17.7. The molecule has 0 radical (unpaired) electrons. The largest absolute Gasteiger partial charge is 0.353 e. The molecule has 1 saturated heterocycles. The van der Waals surface area contributed by atoms with Crippen molar-refractivity contribution in [3.8, 4) is 10.6 Å². The number of carbonyl (C=O) groups is 1. The van der Waals surface area contributed by atoms with Crippen molar-refractivity contribution in [1.29, 1.82) is 0 Å². The molecule has 0 atom stereocenters. The number of hydrogen-bond donors (Lipinski definition) is 0. The summed E-state index contributed by atoms with van der Waals surface area (Å²) in [7, 11) is 0. The van der Waals surface area contributed by atoms with Gasteiger partial charge < -0.3 is 9.80 Å². The van der Waals surface area contributed by atoms with Crippen LogP contribution in [0.1, 0.15) is 21.6 Å². The van der Waals surface area contributed by atoms with Crippen molar-refractivity contribution >= 4 is 23.1 Å². The molecule has 0 N–H and O–H groups in total. The van der Waals surface area contributed by atoms with E-state index in [1.165, 1.54) is 22.5 Å². The van der Waals surface area contributed by atoms with E-state index in [-0.39, 0.29) is 5.91 Å². The summed E-state index contributed by atoms with van der Waals surface area (Å²) in [6, 6.07) is 12.2. The topological polar surface area (TPSA) is 49.3 Å². The van der Waals surface area contributed by atoms with Gasteiger partial charge in [-0.3, -0.25) is 4.79 Å². The number of thiazole rings is 1. The molecule has 0 saturated carbocycles. The number of piperazine rings is 1. The summed E-state index contributed by atoms with van der Waals surface area (Å²) in [6.07, 6.45) is 1.80. The zero-order chi connectivity index (χ0) is 18.8. The van der Waals surface area contributed by atoms with E-state index in [1.807, 2.05) is 28.5 Å². The van der Waals surface area contributed by atoms with Crippen LogP contribution in [-0.2, 0) is 0 Å². The molecule has 27 heavy (non-hydrogen) atoms. The maximum atomic E-state index is 12.9. The Morgan fingerprint density at radius 1 is 1.07 bits per heavy atom. The summed E-state index contributed by atoms with van der Waals surface area (Å²) in [4.78, 5) is 26.0. The average Bonchev–Trinajstić information content (AvgIpc) is 3.18. The van der Waals surface area contributed by atoms with Gasteiger partial charge in [-0.2, -0.15) is 0 Å². The molecule has 1 amide bonds. The summed E-state index contributed by atoms with van der Waals surface area (Å²) in [5.74, 6) is 0.985. The van der Waals surface area contributed by atoms with Crippen LogP contribution in [0.2, 0.25) is 0 Å². The standard InChI is InChI=1S/C21H22N4OS/c1-15-6-7-17(16(2)13-15)20-23-18(14-27-20)21(26)25-11-9-24(10-12-25)19-5-3-4-8-22-19/h3-8,13-14H,9-12H2,1-2H3. The van der Waals surface area contributed by atoms with Crippen LogP contribution >= 0.6 is 11.3 Å². The number of amides is 1. The molecule has 3 heterocycles. The third-order valence-electron chi connectivity index (χ3n) is 4.88. The van der Waals surface area contributed by atoms with E-state index in [2.05, 4.69) is 46.9 Å². The molecule has 1 aliphatic heterocycles. The molecule has 2 aromatic heterocycles. The Bertz CT molecular complexity index is 946. The Kier molecular flexibility index (Phi) is 4.90. The minimum absolute atomic E-state index is 0.0166. The molecule has 1 aliphatic rings. The highest BCUT2D eigenvalue weighted by atomic mass is 32.1. The van der Waals surface area contributed by atoms with Gasteiger partial charge in [0.05, 0.1) is 0 Å². The van der Waals surface area contributed by atoms with Gasteiger partial charge in [0.25, 0.3) is 5.91 Å². The van der Waals surface area contributed by atoms with Crippen LogP contribution in [0.3, 0.4) is 0 Å². The fourth-order valence-electron chi connectivity index (χ4n) is 3.39. The van der Waals surface area contributed by atoms with Gasteiger partial charge in [0.1, 0.15) is 16.5 Å². The van der Waals surface area contributed by atoms with Crippen LogP contribution in [0.15, 0.2) is 48.0 Å². The molecular formula is C21H22N4OS. The molecule has 0 unspecified atom stereocenters. The lowest BCUT2D eigenvalue weighted by Crippen LogP contribution is -2.49. The fourth-order valence-corrected chi connectivity index (χ4v) is 4.27. The van der Waals surface area contributed by atoms with Gasteiger partial charge in [0, 0.05) is 43.3 Å². The molecule has 5 nitrogen and oxygen atoms in total. The number of hydrogen-bond acceptors (Lipinski definition) is 5. The molecule has 0 aliphatic carbocycles. The van der Waals surface area contributed by atoms with Gasteiger partial charge in [0.15, 0.2) is 0 Å². The predicted molar refractivity (Wildman–Crippen MR) is 109 cm³/mol. The van der Waals surface area contributed by atoms with Gasteiger partial charge in [-0.1, -0.05) is 29.8 Å². The lowest BCUT2D eigenvalue weighted by Gasteiger charge is -2.35. The van der Waals surface area contributed by atoms with E-state index in [1.54, 1.807) is 6.20 Å². The van der Waals surface area contributed by atoms with Crippen molar-refractivity contribution in [1.82, 2.24) is 14.9 Å². The summed E-state index contributed by atoms with van der Waals surface area (Å²) in [5.41, 5.74) is 4.06. The number of pyridine rings is 1. The van der Waals surface area contributed by atoms with E-state index < -0.39 is 0 Å². The second-order valence-electron chi connectivity index (χ2n) is 6.82. The molecule has 138 valence electrons. The Labute approximate surface area is 163 Å². The lowest BCUT2D eigenvalue weighted by atomic mass is 10.1. The second-order valence-corrected chi connectivity index (χ2v) is 7.68. The molecule has 1 aromatic carbocycles. The number of aromatic nitrogens is 2. The first-order valence-electron chi connectivity index (χ1n) is 9.10. The molecular weight excluding hydrogens is 356 g/mol. The Morgan fingerprint density at radius 3 is 2.59 bits per heavy atom. The quantitative estimate of drug-likeness (QED) is 0.696. The number of nitrogens with zero attached hydrogens (tertiary/aromatic N) is 4. The monoisotopic (exact) mass is 378 g/mol. The number of carbonyl (C=O) groups excluding carboxylic acids is 1. The predicted octanol–water partition coefficient (Wildman–Crippen LogP) is 3.78. The minimum atomic E-state index is 0.0166. The highest BCUT2D eigenvalue weighted by Gasteiger charge is 2.24. The Balaban J connectivity index is 1.44. The van der Waals surface area contributed by atoms with Crippen LogP contribution < -0.4 is 4.90 Å². The maximum absolute atomic E-state index is 12.9. The molecule has 4 rings (SSSR count). The molecule has 1 fully saturated rings. The van der Waals surface area contributed by atoms with Crippen molar-refractivity contribution in [2.24, 2.45) is 0 Å². The lowest BCUT2D eigenvalue weighted by molar-refractivity contribution is 0.0741. The Hall–Kier alpha value is -2.73. The highest BCUT2D eigenvalue weighted by molar-refractivity contribution is 7.13. The minimum Gasteiger partial charge on any atom is -0.353 e. The van der Waals surface area contributed by atoms with E-state index >= 15 is 0 Å². The molecule has 0 bridgehead atoms. The SMILES string of the molecule is Cc1ccc(-c2nc(C(=O)N3CCN(c4ccccn4)CC3)cs2)c(C)c1. The summed E-state index contributed by atoms with van der Waals surface area (Å²) in [6.45, 7) is 7.12. The summed E-state index contributed by atoms with van der Waals surface area (Å²) in [5, 5.41) is 2.78. The number of rotatable bonds is 3.